The zero-order chi connectivity index (χ0) is 23.3. The Morgan fingerprint density at radius 1 is 1.38 bits per heavy atom. The molecule has 176 valence electrons. The summed E-state index contributed by atoms with van der Waals surface area (Å²) >= 11 is 0. The van der Waals surface area contributed by atoms with Crippen LogP contribution >= 0.6 is 0 Å². The molecule has 4 N–H and O–H groups in total. The first-order chi connectivity index (χ1) is 15.3. The second kappa shape index (κ2) is 10.9. The van der Waals surface area contributed by atoms with Crippen molar-refractivity contribution in [3.05, 3.63) is 35.4 Å². The fraction of sp³-hybridized carbons (Fsp3) is 0.560. The van der Waals surface area contributed by atoms with E-state index in [9.17, 15) is 4.79 Å². The number of anilines is 1. The van der Waals surface area contributed by atoms with Gasteiger partial charge in [0.1, 0.15) is 5.82 Å². The maximum Gasteiger partial charge on any atom is 0.252 e. The molecule has 7 nitrogen and oxygen atoms in total. The summed E-state index contributed by atoms with van der Waals surface area (Å²) in [7, 11) is 1.74. The minimum absolute atomic E-state index is 0. The van der Waals surface area contributed by atoms with Crippen molar-refractivity contribution in [3.63, 3.8) is 0 Å². The molecule has 1 aliphatic carbocycles. The number of methoxy groups -OCH3 is 1. The van der Waals surface area contributed by atoms with Gasteiger partial charge in [0.2, 0.25) is 0 Å². The average molecular weight is 442 g/mol. The van der Waals surface area contributed by atoms with Crippen molar-refractivity contribution in [2.45, 2.75) is 52.2 Å². The van der Waals surface area contributed by atoms with E-state index >= 15 is 0 Å². The number of nitrogens with zero attached hydrogens (tertiary/aromatic N) is 2. The molecule has 2 aromatic rings. The van der Waals surface area contributed by atoms with Gasteiger partial charge in [-0.25, -0.2) is 4.98 Å². The first kappa shape index (κ1) is 24.1. The summed E-state index contributed by atoms with van der Waals surface area (Å²) in [5.41, 5.74) is 8.14. The Hall–Kier alpha value is -2.51. The number of hydrogen-bond donors (Lipinski definition) is 3. The van der Waals surface area contributed by atoms with Gasteiger partial charge in [0, 0.05) is 33.1 Å². The van der Waals surface area contributed by atoms with Crippen LogP contribution in [0.1, 0.15) is 50.5 Å². The lowest BCUT2D eigenvalue weighted by Gasteiger charge is -2.39. The molecule has 7 heteroatoms. The summed E-state index contributed by atoms with van der Waals surface area (Å²) in [4.78, 5) is 19.0. The first-order valence-corrected chi connectivity index (χ1v) is 11.5. The zero-order valence-electron chi connectivity index (χ0n) is 19.7. The highest BCUT2D eigenvalue weighted by Crippen LogP contribution is 2.27. The first-order valence-electron chi connectivity index (χ1n) is 11.5. The fourth-order valence-electron chi connectivity index (χ4n) is 3.94. The van der Waals surface area contributed by atoms with Crippen molar-refractivity contribution in [3.8, 4) is 0 Å². The molecule has 1 saturated heterocycles. The van der Waals surface area contributed by atoms with Crippen molar-refractivity contribution in [1.82, 2.24) is 10.3 Å². The van der Waals surface area contributed by atoms with Gasteiger partial charge < -0.3 is 26.1 Å². The van der Waals surface area contributed by atoms with Gasteiger partial charge >= 0.3 is 0 Å². The fourth-order valence-corrected chi connectivity index (χ4v) is 3.94. The van der Waals surface area contributed by atoms with Crippen LogP contribution in [0.2, 0.25) is 0 Å². The molecule has 0 spiro atoms. The van der Waals surface area contributed by atoms with Crippen LogP contribution in [0.25, 0.3) is 10.9 Å². The SMILES string of the molecule is COC1CN(c2nc3ccc(C)cc3cc2C(N)=O)CCC1NCC(C)C.N=CC1CC1.[HH]. The predicted molar refractivity (Wildman–Crippen MR) is 133 cm³/mol. The number of nitrogens with two attached hydrogens (primary N) is 1. The van der Waals surface area contributed by atoms with Gasteiger partial charge in [-0.15, -0.1) is 0 Å². The maximum absolute atomic E-state index is 12.1. The van der Waals surface area contributed by atoms with Crippen molar-refractivity contribution in [1.29, 1.82) is 5.41 Å². The lowest BCUT2D eigenvalue weighted by Crippen LogP contribution is -2.54. The molecule has 2 unspecified atom stereocenters. The topological polar surface area (TPSA) is 104 Å². The standard InChI is InChI=1S/C21H30N4O2.C4H7N.H2/c1-13(2)11-23-18-7-8-25(12-19(18)27-4)21-16(20(22)26)10-15-9-14(3)5-6-17(15)24-21;5-3-4-1-2-4;/h5-6,9-10,13,18-19,23H,7-8,11-12H2,1-4H3,(H2,22,26);3-5H,1-2H2;1H. The summed E-state index contributed by atoms with van der Waals surface area (Å²) in [6, 6.07) is 8.21. The number of nitrogens with one attached hydrogen (secondary N) is 2. The second-order valence-corrected chi connectivity index (χ2v) is 9.34. The Bertz CT molecular complexity index is 948. The van der Waals surface area contributed by atoms with Crippen LogP contribution in [-0.4, -0.2) is 56.0 Å². The largest absolute Gasteiger partial charge is 0.378 e. The molecular formula is C25H39N5O2. The number of primary amides is 1. The van der Waals surface area contributed by atoms with E-state index in [0.717, 1.165) is 36.0 Å². The molecule has 2 atom stereocenters. The van der Waals surface area contributed by atoms with E-state index in [4.69, 9.17) is 20.9 Å². The normalized spacial score (nSPS) is 20.7. The van der Waals surface area contributed by atoms with E-state index < -0.39 is 5.91 Å². The van der Waals surface area contributed by atoms with Crippen LogP contribution in [0.15, 0.2) is 24.3 Å². The number of aromatic nitrogens is 1. The Kier molecular flexibility index (Phi) is 8.21. The van der Waals surface area contributed by atoms with Crippen molar-refractivity contribution in [2.75, 3.05) is 31.6 Å². The van der Waals surface area contributed by atoms with Crippen LogP contribution < -0.4 is 16.0 Å². The molecule has 2 aliphatic rings. The molecule has 4 rings (SSSR count). The number of amides is 1. The van der Waals surface area contributed by atoms with Crippen LogP contribution in [0.4, 0.5) is 5.82 Å². The zero-order valence-corrected chi connectivity index (χ0v) is 19.7. The molecular weight excluding hydrogens is 402 g/mol. The summed E-state index contributed by atoms with van der Waals surface area (Å²) in [6.45, 7) is 8.87. The average Bonchev–Trinajstić information content (AvgIpc) is 3.61. The Balaban J connectivity index is 0.000000568. The monoisotopic (exact) mass is 441 g/mol. The quantitative estimate of drug-likeness (QED) is 0.567. The van der Waals surface area contributed by atoms with Gasteiger partial charge in [0.15, 0.2) is 0 Å². The molecule has 2 fully saturated rings. The summed E-state index contributed by atoms with van der Waals surface area (Å²) in [5, 5.41) is 11.1. The van der Waals surface area contributed by atoms with Gasteiger partial charge in [-0.05, 0) is 69.0 Å². The number of carbonyl (C=O) groups excluding carboxylic acids is 1. The van der Waals surface area contributed by atoms with Crippen molar-refractivity contribution in [2.24, 2.45) is 17.6 Å². The smallest absolute Gasteiger partial charge is 0.252 e. The minimum atomic E-state index is -0.449. The summed E-state index contributed by atoms with van der Waals surface area (Å²) < 4.78 is 5.74. The number of carbonyl (C=O) groups is 1. The van der Waals surface area contributed by atoms with E-state index in [-0.39, 0.29) is 7.53 Å². The number of fused-ring (bicyclic) bond motifs is 1. The number of pyridine rings is 1. The molecule has 1 aromatic heterocycles. The molecule has 32 heavy (non-hydrogen) atoms. The van der Waals surface area contributed by atoms with E-state index in [0.29, 0.717) is 35.8 Å². The third-order valence-electron chi connectivity index (χ3n) is 6.02. The highest BCUT2D eigenvalue weighted by atomic mass is 16.5. The summed E-state index contributed by atoms with van der Waals surface area (Å²) in [6.07, 6.45) is 5.03. The third-order valence-corrected chi connectivity index (χ3v) is 6.02. The molecule has 1 aromatic carbocycles. The maximum atomic E-state index is 12.1. The second-order valence-electron chi connectivity index (χ2n) is 9.34. The Morgan fingerprint density at radius 3 is 2.69 bits per heavy atom. The predicted octanol–water partition coefficient (Wildman–Crippen LogP) is 3.77. The number of benzene rings is 1. The van der Waals surface area contributed by atoms with Crippen LogP contribution in [0, 0.1) is 24.2 Å². The van der Waals surface area contributed by atoms with Crippen molar-refractivity contribution >= 4 is 28.8 Å². The number of rotatable bonds is 7. The number of hydrogen-bond acceptors (Lipinski definition) is 6. The highest BCUT2D eigenvalue weighted by molar-refractivity contribution is 6.01. The van der Waals surface area contributed by atoms with Crippen LogP contribution in [0.3, 0.4) is 0 Å². The van der Waals surface area contributed by atoms with Crippen LogP contribution in [0.5, 0.6) is 0 Å². The number of piperidine rings is 1. The van der Waals surface area contributed by atoms with Gasteiger partial charge in [-0.1, -0.05) is 25.5 Å². The third kappa shape index (κ3) is 6.26. The van der Waals surface area contributed by atoms with Gasteiger partial charge in [-0.3, -0.25) is 4.79 Å². The molecule has 1 amide bonds. The highest BCUT2D eigenvalue weighted by Gasteiger charge is 2.31. The number of aryl methyl sites for hydroxylation is 1. The van der Waals surface area contributed by atoms with E-state index in [1.807, 2.05) is 31.2 Å². The van der Waals surface area contributed by atoms with E-state index in [1.165, 1.54) is 19.1 Å². The van der Waals surface area contributed by atoms with Gasteiger partial charge in [0.25, 0.3) is 5.91 Å². The van der Waals surface area contributed by atoms with Crippen LogP contribution in [-0.2, 0) is 4.74 Å². The summed E-state index contributed by atoms with van der Waals surface area (Å²) in [5.74, 6) is 1.47. The molecule has 0 radical (unpaired) electrons. The lowest BCUT2D eigenvalue weighted by molar-refractivity contribution is 0.0589. The molecule has 2 heterocycles. The molecule has 1 aliphatic heterocycles. The Morgan fingerprint density at radius 2 is 2.12 bits per heavy atom. The van der Waals surface area contributed by atoms with Crippen molar-refractivity contribution < 1.29 is 11.0 Å². The Labute approximate surface area is 192 Å². The lowest BCUT2D eigenvalue weighted by atomic mass is 9.99. The van der Waals surface area contributed by atoms with Gasteiger partial charge in [0.05, 0.1) is 17.2 Å². The van der Waals surface area contributed by atoms with Gasteiger partial charge in [-0.2, -0.15) is 0 Å². The molecule has 1 saturated carbocycles. The number of ether oxygens (including phenoxy) is 1. The van der Waals surface area contributed by atoms with E-state index in [1.54, 1.807) is 7.11 Å². The molecule has 0 bridgehead atoms. The van der Waals surface area contributed by atoms with E-state index in [2.05, 4.69) is 24.1 Å². The minimum Gasteiger partial charge on any atom is -0.378 e.